The number of rotatable bonds is 3. The van der Waals surface area contributed by atoms with Crippen molar-refractivity contribution < 1.29 is 9.53 Å². The fraction of sp³-hybridized carbons (Fsp3) is 0.588. The molecule has 0 spiro atoms. The van der Waals surface area contributed by atoms with Crippen LogP contribution in [0, 0.1) is 5.92 Å². The molecule has 1 N–H and O–H groups in total. The maximum absolute atomic E-state index is 12.4. The number of benzene rings is 1. The zero-order valence-corrected chi connectivity index (χ0v) is 12.9. The van der Waals surface area contributed by atoms with Gasteiger partial charge in [0.25, 0.3) is 0 Å². The lowest BCUT2D eigenvalue weighted by atomic mass is 9.96. The molecule has 2 aliphatic heterocycles. The number of ether oxygens (including phenoxy) is 1. The minimum atomic E-state index is 0.123. The van der Waals surface area contributed by atoms with Gasteiger partial charge in [0.2, 0.25) is 5.91 Å². The molecule has 0 radical (unpaired) electrons. The molecule has 114 valence electrons. The van der Waals surface area contributed by atoms with Crippen LogP contribution in [0.4, 0.5) is 0 Å². The Labute approximate surface area is 126 Å². The van der Waals surface area contributed by atoms with Crippen LogP contribution >= 0.6 is 0 Å². The molecule has 0 unspecified atom stereocenters. The number of fused-ring (bicyclic) bond motifs is 1. The lowest BCUT2D eigenvalue weighted by molar-refractivity contribution is -0.125. The number of nitrogens with one attached hydrogen (secondary N) is 1. The van der Waals surface area contributed by atoms with Gasteiger partial charge >= 0.3 is 0 Å². The molecule has 1 aromatic carbocycles. The second-order valence-electron chi connectivity index (χ2n) is 6.19. The highest BCUT2D eigenvalue weighted by Crippen LogP contribution is 2.24. The zero-order valence-electron chi connectivity index (χ0n) is 12.9. The first-order valence-electron chi connectivity index (χ1n) is 7.82. The van der Waals surface area contributed by atoms with Crippen molar-refractivity contribution >= 4 is 5.91 Å². The smallest absolute Gasteiger partial charge is 0.224 e. The van der Waals surface area contributed by atoms with Crippen LogP contribution in [-0.2, 0) is 29.1 Å². The second-order valence-corrected chi connectivity index (χ2v) is 6.19. The van der Waals surface area contributed by atoms with E-state index in [1.54, 1.807) is 0 Å². The largest absolute Gasteiger partial charge is 0.376 e. The lowest BCUT2D eigenvalue weighted by Crippen LogP contribution is -2.37. The Morgan fingerprint density at radius 2 is 2.33 bits per heavy atom. The van der Waals surface area contributed by atoms with Gasteiger partial charge < -0.3 is 15.0 Å². The minimum absolute atomic E-state index is 0.123. The summed E-state index contributed by atoms with van der Waals surface area (Å²) in [4.78, 5) is 14.6. The summed E-state index contributed by atoms with van der Waals surface area (Å²) in [6, 6.07) is 6.63. The maximum atomic E-state index is 12.4. The van der Waals surface area contributed by atoms with Crippen LogP contribution in [0.5, 0.6) is 0 Å². The SMILES string of the molecule is C[C@@H]1[C@H](C(=O)NCc2cccc3c2CCOC3)CCN1C. The molecule has 2 heterocycles. The number of amides is 1. The highest BCUT2D eigenvalue weighted by molar-refractivity contribution is 5.79. The number of carbonyl (C=O) groups is 1. The van der Waals surface area contributed by atoms with Crippen molar-refractivity contribution in [1.29, 1.82) is 0 Å². The van der Waals surface area contributed by atoms with E-state index in [1.165, 1.54) is 16.7 Å². The molecule has 21 heavy (non-hydrogen) atoms. The summed E-state index contributed by atoms with van der Waals surface area (Å²) in [6.07, 6.45) is 1.91. The van der Waals surface area contributed by atoms with E-state index in [-0.39, 0.29) is 11.8 Å². The van der Waals surface area contributed by atoms with Crippen molar-refractivity contribution in [2.75, 3.05) is 20.2 Å². The van der Waals surface area contributed by atoms with Gasteiger partial charge in [-0.15, -0.1) is 0 Å². The summed E-state index contributed by atoms with van der Waals surface area (Å²) in [7, 11) is 2.09. The second kappa shape index (κ2) is 6.16. The third-order valence-corrected chi connectivity index (χ3v) is 4.98. The molecule has 0 aliphatic carbocycles. The first-order valence-corrected chi connectivity index (χ1v) is 7.82. The molecule has 2 aliphatic rings. The molecule has 3 rings (SSSR count). The Kier molecular flexibility index (Phi) is 4.27. The molecule has 1 saturated heterocycles. The minimum Gasteiger partial charge on any atom is -0.376 e. The molecule has 4 nitrogen and oxygen atoms in total. The van der Waals surface area contributed by atoms with Gasteiger partial charge in [0, 0.05) is 12.6 Å². The standard InChI is InChI=1S/C17H24N2O2/c1-12-15(6-8-19(12)2)17(20)18-10-13-4-3-5-14-11-21-9-7-16(13)14/h3-5,12,15H,6-11H2,1-2H3,(H,18,20)/t12-,15-/m1/s1. The number of carbonyl (C=O) groups excluding carboxylic acids is 1. The molecule has 1 amide bonds. The van der Waals surface area contributed by atoms with Crippen molar-refractivity contribution in [2.45, 2.75) is 39.0 Å². The maximum Gasteiger partial charge on any atom is 0.224 e. The Balaban J connectivity index is 1.64. The van der Waals surface area contributed by atoms with Crippen molar-refractivity contribution in [3.05, 3.63) is 34.9 Å². The van der Waals surface area contributed by atoms with Gasteiger partial charge in [-0.05, 0) is 50.0 Å². The normalized spacial score (nSPS) is 25.6. The van der Waals surface area contributed by atoms with Gasteiger partial charge in [0.05, 0.1) is 19.1 Å². The van der Waals surface area contributed by atoms with Gasteiger partial charge in [0.1, 0.15) is 0 Å². The van der Waals surface area contributed by atoms with Gasteiger partial charge in [0.15, 0.2) is 0 Å². The van der Waals surface area contributed by atoms with Crippen LogP contribution < -0.4 is 5.32 Å². The van der Waals surface area contributed by atoms with Gasteiger partial charge in [-0.25, -0.2) is 0 Å². The van der Waals surface area contributed by atoms with Crippen LogP contribution in [0.2, 0.25) is 0 Å². The molecular formula is C17H24N2O2. The van der Waals surface area contributed by atoms with Crippen LogP contribution in [0.1, 0.15) is 30.0 Å². The Morgan fingerprint density at radius 1 is 1.48 bits per heavy atom. The summed E-state index contributed by atoms with van der Waals surface area (Å²) < 4.78 is 5.49. The number of hydrogen-bond donors (Lipinski definition) is 1. The summed E-state index contributed by atoms with van der Waals surface area (Å²) >= 11 is 0. The Hall–Kier alpha value is -1.39. The van der Waals surface area contributed by atoms with E-state index < -0.39 is 0 Å². The van der Waals surface area contributed by atoms with E-state index >= 15 is 0 Å². The number of nitrogens with zero attached hydrogens (tertiary/aromatic N) is 1. The number of hydrogen-bond acceptors (Lipinski definition) is 3. The van der Waals surface area contributed by atoms with Crippen molar-refractivity contribution in [2.24, 2.45) is 5.92 Å². The summed E-state index contributed by atoms with van der Waals surface area (Å²) in [5, 5.41) is 3.14. The van der Waals surface area contributed by atoms with Crippen LogP contribution in [0.3, 0.4) is 0 Å². The molecular weight excluding hydrogens is 264 g/mol. The van der Waals surface area contributed by atoms with Crippen LogP contribution in [0.15, 0.2) is 18.2 Å². The Bertz CT molecular complexity index is 530. The monoisotopic (exact) mass is 288 g/mol. The van der Waals surface area contributed by atoms with Gasteiger partial charge in [-0.3, -0.25) is 4.79 Å². The van der Waals surface area contributed by atoms with E-state index in [1.807, 2.05) is 0 Å². The summed E-state index contributed by atoms with van der Waals surface area (Å²) in [6.45, 7) is 5.26. The van der Waals surface area contributed by atoms with Gasteiger partial charge in [-0.1, -0.05) is 18.2 Å². The Morgan fingerprint density at radius 3 is 3.10 bits per heavy atom. The van der Waals surface area contributed by atoms with Crippen molar-refractivity contribution in [1.82, 2.24) is 10.2 Å². The fourth-order valence-electron chi connectivity index (χ4n) is 3.42. The molecule has 1 fully saturated rings. The summed E-state index contributed by atoms with van der Waals surface area (Å²) in [5.41, 5.74) is 3.87. The molecule has 1 aromatic rings. The third kappa shape index (κ3) is 2.97. The molecule has 4 heteroatoms. The lowest BCUT2D eigenvalue weighted by Gasteiger charge is -2.22. The van der Waals surface area contributed by atoms with E-state index in [4.69, 9.17) is 4.74 Å². The van der Waals surface area contributed by atoms with Crippen LogP contribution in [-0.4, -0.2) is 37.0 Å². The topological polar surface area (TPSA) is 41.6 Å². The predicted octanol–water partition coefficient (Wildman–Crippen LogP) is 1.72. The predicted molar refractivity (Wildman–Crippen MR) is 81.8 cm³/mol. The zero-order chi connectivity index (χ0) is 14.8. The average Bonchev–Trinajstić information content (AvgIpc) is 2.84. The van der Waals surface area contributed by atoms with E-state index in [0.717, 1.165) is 26.0 Å². The molecule has 2 atom stereocenters. The van der Waals surface area contributed by atoms with Crippen molar-refractivity contribution in [3.8, 4) is 0 Å². The van der Waals surface area contributed by atoms with Crippen LogP contribution in [0.25, 0.3) is 0 Å². The van der Waals surface area contributed by atoms with E-state index in [9.17, 15) is 4.79 Å². The first-order chi connectivity index (χ1) is 10.2. The summed E-state index contributed by atoms with van der Waals surface area (Å²) in [5.74, 6) is 0.314. The molecule has 0 bridgehead atoms. The average molecular weight is 288 g/mol. The first kappa shape index (κ1) is 14.5. The number of likely N-dealkylation sites (tertiary alicyclic amines) is 1. The van der Waals surface area contributed by atoms with E-state index in [2.05, 4.69) is 42.4 Å². The van der Waals surface area contributed by atoms with Gasteiger partial charge in [-0.2, -0.15) is 0 Å². The molecule has 0 saturated carbocycles. The molecule has 0 aromatic heterocycles. The quantitative estimate of drug-likeness (QED) is 0.921. The highest BCUT2D eigenvalue weighted by Gasteiger charge is 2.33. The van der Waals surface area contributed by atoms with E-state index in [0.29, 0.717) is 19.2 Å². The third-order valence-electron chi connectivity index (χ3n) is 4.98. The highest BCUT2D eigenvalue weighted by atomic mass is 16.5. The fourth-order valence-corrected chi connectivity index (χ4v) is 3.42. The van der Waals surface area contributed by atoms with Crippen molar-refractivity contribution in [3.63, 3.8) is 0 Å².